The van der Waals surface area contributed by atoms with E-state index >= 15 is 0 Å². The number of aromatic nitrogens is 1. The van der Waals surface area contributed by atoms with E-state index in [1.807, 2.05) is 85.4 Å². The monoisotopic (exact) mass is 461 g/mol. The normalized spacial score (nSPS) is 12.5. The third kappa shape index (κ3) is 4.50. The number of methoxy groups -OCH3 is 2. The van der Waals surface area contributed by atoms with E-state index < -0.39 is 0 Å². The third-order valence-corrected chi connectivity index (χ3v) is 6.11. The van der Waals surface area contributed by atoms with E-state index in [1.54, 1.807) is 14.2 Å². The van der Waals surface area contributed by atoms with Gasteiger partial charge in [0.25, 0.3) is 0 Å². The molecule has 7 heteroatoms. The van der Waals surface area contributed by atoms with Gasteiger partial charge in [0.05, 0.1) is 25.6 Å². The second kappa shape index (κ2) is 9.50. The first-order valence-corrected chi connectivity index (χ1v) is 11.5. The number of phenols is 1. The van der Waals surface area contributed by atoms with Crippen LogP contribution >= 0.6 is 11.3 Å². The highest BCUT2D eigenvalue weighted by Crippen LogP contribution is 2.34. The number of ether oxygens (including phenoxy) is 2. The first-order chi connectivity index (χ1) is 15.9. The van der Waals surface area contributed by atoms with Crippen LogP contribution in [0.5, 0.6) is 17.2 Å². The van der Waals surface area contributed by atoms with Crippen molar-refractivity contribution >= 4 is 27.8 Å². The Labute approximate surface area is 197 Å². The van der Waals surface area contributed by atoms with E-state index in [0.29, 0.717) is 22.8 Å². The molecule has 0 bridgehead atoms. The summed E-state index contributed by atoms with van der Waals surface area (Å²) >= 11 is 1.51. The maximum Gasteiger partial charge on any atom is 0.206 e. The van der Waals surface area contributed by atoms with Crippen LogP contribution in [0.3, 0.4) is 0 Å². The van der Waals surface area contributed by atoms with Crippen LogP contribution in [0.4, 0.5) is 0 Å². The van der Waals surface area contributed by atoms with E-state index in [0.717, 1.165) is 26.8 Å². The molecule has 0 radical (unpaired) electrons. The van der Waals surface area contributed by atoms with Crippen molar-refractivity contribution in [3.63, 3.8) is 0 Å². The van der Waals surface area contributed by atoms with Crippen molar-refractivity contribution in [2.45, 2.75) is 26.8 Å². The number of fused-ring (bicyclic) bond motifs is 1. The molecule has 0 fully saturated rings. The topological polar surface area (TPSA) is 68.3 Å². The second-order valence-corrected chi connectivity index (χ2v) is 8.71. The Balaban J connectivity index is 1.91. The number of phenolic OH excluding ortho intramolecular Hbond substituents is 1. The van der Waals surface area contributed by atoms with Crippen molar-refractivity contribution in [3.05, 3.63) is 70.3 Å². The molecule has 6 nitrogen and oxygen atoms in total. The summed E-state index contributed by atoms with van der Waals surface area (Å²) in [7, 11) is 3.26. The smallest absolute Gasteiger partial charge is 0.206 e. The van der Waals surface area contributed by atoms with Crippen molar-refractivity contribution in [3.8, 4) is 28.5 Å². The minimum atomic E-state index is 0.102. The van der Waals surface area contributed by atoms with E-state index in [2.05, 4.69) is 0 Å². The lowest BCUT2D eigenvalue weighted by Gasteiger charge is -2.12. The largest absolute Gasteiger partial charge is 0.507 e. The van der Waals surface area contributed by atoms with Crippen LogP contribution < -0.4 is 14.3 Å². The molecule has 0 aliphatic heterocycles. The predicted octanol–water partition coefficient (Wildman–Crippen LogP) is 5.67. The van der Waals surface area contributed by atoms with Crippen LogP contribution in [-0.2, 0) is 0 Å². The highest BCUT2D eigenvalue weighted by Gasteiger charge is 2.16. The van der Waals surface area contributed by atoms with Gasteiger partial charge in [0.15, 0.2) is 0 Å². The summed E-state index contributed by atoms with van der Waals surface area (Å²) in [6.07, 6.45) is 0. The van der Waals surface area contributed by atoms with Gasteiger partial charge in [0, 0.05) is 34.0 Å². The molecule has 3 aromatic carbocycles. The van der Waals surface area contributed by atoms with Gasteiger partial charge in [-0.15, -0.1) is 11.3 Å². The molecule has 4 aromatic rings. The Morgan fingerprint density at radius 2 is 1.82 bits per heavy atom. The van der Waals surface area contributed by atoms with E-state index in [4.69, 9.17) is 19.6 Å². The maximum atomic E-state index is 10.9. The quantitative estimate of drug-likeness (QED) is 0.376. The number of nitrogens with zero attached hydrogens (tertiary/aromatic N) is 3. The molecule has 0 unspecified atom stereocenters. The summed E-state index contributed by atoms with van der Waals surface area (Å²) in [5.41, 5.74) is 3.07. The fourth-order valence-electron chi connectivity index (χ4n) is 3.65. The molecular formula is C26H27N3O3S. The Morgan fingerprint density at radius 1 is 1.03 bits per heavy atom. The first kappa shape index (κ1) is 22.6. The molecular weight excluding hydrogens is 434 g/mol. The van der Waals surface area contributed by atoms with Gasteiger partial charge in [-0.05, 0) is 44.4 Å². The second-order valence-electron chi connectivity index (χ2n) is 7.87. The molecule has 1 aromatic heterocycles. The Hall–Kier alpha value is -3.58. The predicted molar refractivity (Wildman–Crippen MR) is 135 cm³/mol. The van der Waals surface area contributed by atoms with Gasteiger partial charge in [0.2, 0.25) is 4.80 Å². The molecule has 0 saturated carbocycles. The van der Waals surface area contributed by atoms with Crippen LogP contribution in [0.25, 0.3) is 22.0 Å². The zero-order valence-corrected chi connectivity index (χ0v) is 20.2. The molecule has 1 heterocycles. The van der Waals surface area contributed by atoms with Gasteiger partial charge in [-0.3, -0.25) is 4.99 Å². The molecule has 1 N–H and O–H groups in total. The zero-order valence-electron chi connectivity index (χ0n) is 19.4. The van der Waals surface area contributed by atoms with Crippen molar-refractivity contribution in [2.75, 3.05) is 14.2 Å². The minimum absolute atomic E-state index is 0.102. The summed E-state index contributed by atoms with van der Waals surface area (Å²) in [5.74, 6) is 1.61. The van der Waals surface area contributed by atoms with Crippen molar-refractivity contribution in [1.82, 2.24) is 4.68 Å². The first-order valence-electron chi connectivity index (χ1n) is 10.7. The number of hydrogen-bond acceptors (Lipinski definition) is 6. The number of thiazole rings is 1. The zero-order chi connectivity index (χ0) is 23.5. The Bertz CT molecular complexity index is 1400. The fraction of sp³-hybridized carbons (Fsp3) is 0.231. The number of rotatable bonds is 6. The van der Waals surface area contributed by atoms with Crippen LogP contribution in [0.1, 0.15) is 26.3 Å². The fourth-order valence-corrected chi connectivity index (χ4v) is 4.61. The summed E-state index contributed by atoms with van der Waals surface area (Å²) in [6, 6.07) is 17.5. The number of aromatic hydroxyl groups is 1. The average Bonchev–Trinajstić information content (AvgIpc) is 3.19. The molecule has 0 saturated heterocycles. The van der Waals surface area contributed by atoms with E-state index in [9.17, 15) is 5.11 Å². The minimum Gasteiger partial charge on any atom is -0.507 e. The van der Waals surface area contributed by atoms with Crippen molar-refractivity contribution in [1.29, 1.82) is 0 Å². The molecule has 0 amide bonds. The Morgan fingerprint density at radius 3 is 2.55 bits per heavy atom. The number of benzene rings is 3. The highest BCUT2D eigenvalue weighted by molar-refractivity contribution is 7.07. The Kier molecular flexibility index (Phi) is 6.51. The SMILES string of the molecule is COc1ccc(-c2csc(=NC(C)C)n2N=C(C)c2ccc3ccccc3c2O)c(OC)c1. The standard InChI is InChI=1S/C26H27N3O3S/c1-16(2)27-26-29(23(15-33-26)22-13-11-19(31-4)14-24(22)32-5)28-17(3)20-12-10-18-8-6-7-9-21(18)25(20)30/h6-16,30H,1-5H3. The van der Waals surface area contributed by atoms with Gasteiger partial charge in [-0.1, -0.05) is 30.3 Å². The summed E-state index contributed by atoms with van der Waals surface area (Å²) in [6.45, 7) is 5.95. The van der Waals surface area contributed by atoms with Crippen LogP contribution in [0.15, 0.2) is 70.1 Å². The molecule has 0 atom stereocenters. The molecule has 4 rings (SSSR count). The molecule has 170 valence electrons. The molecule has 33 heavy (non-hydrogen) atoms. The van der Waals surface area contributed by atoms with Gasteiger partial charge < -0.3 is 14.6 Å². The molecule has 0 spiro atoms. The van der Waals surface area contributed by atoms with Crippen molar-refractivity contribution in [2.24, 2.45) is 10.1 Å². The van der Waals surface area contributed by atoms with Gasteiger partial charge in [-0.2, -0.15) is 5.10 Å². The van der Waals surface area contributed by atoms with E-state index in [1.165, 1.54) is 11.3 Å². The maximum absolute atomic E-state index is 10.9. The molecule has 0 aliphatic carbocycles. The van der Waals surface area contributed by atoms with Crippen molar-refractivity contribution < 1.29 is 14.6 Å². The van der Waals surface area contributed by atoms with Gasteiger partial charge in [0.1, 0.15) is 17.2 Å². The summed E-state index contributed by atoms with van der Waals surface area (Å²) in [4.78, 5) is 5.52. The average molecular weight is 462 g/mol. The molecule has 0 aliphatic rings. The van der Waals surface area contributed by atoms with E-state index in [-0.39, 0.29) is 11.8 Å². The van der Waals surface area contributed by atoms with Crippen LogP contribution in [0.2, 0.25) is 0 Å². The summed E-state index contributed by atoms with van der Waals surface area (Å²) in [5, 5.41) is 19.6. The third-order valence-electron chi connectivity index (χ3n) is 5.28. The lowest BCUT2D eigenvalue weighted by atomic mass is 10.0. The summed E-state index contributed by atoms with van der Waals surface area (Å²) < 4.78 is 12.8. The lowest BCUT2D eigenvalue weighted by Crippen LogP contribution is -2.16. The van der Waals surface area contributed by atoms with Crippen LogP contribution in [0, 0.1) is 0 Å². The van der Waals surface area contributed by atoms with Crippen LogP contribution in [-0.4, -0.2) is 35.8 Å². The van der Waals surface area contributed by atoms with Gasteiger partial charge in [-0.25, -0.2) is 4.68 Å². The van der Waals surface area contributed by atoms with Gasteiger partial charge >= 0.3 is 0 Å². The number of hydrogen-bond donors (Lipinski definition) is 1. The lowest BCUT2D eigenvalue weighted by molar-refractivity contribution is 0.395. The highest BCUT2D eigenvalue weighted by atomic mass is 32.1.